The molecule has 1 atom stereocenters. The summed E-state index contributed by atoms with van der Waals surface area (Å²) >= 11 is 7.26. The second kappa shape index (κ2) is 11.4. The van der Waals surface area contributed by atoms with Crippen LogP contribution in [0.4, 0.5) is 5.00 Å². The minimum Gasteiger partial charge on any atom is -0.468 e. The Labute approximate surface area is 196 Å². The van der Waals surface area contributed by atoms with Gasteiger partial charge in [-0.3, -0.25) is 14.6 Å². The van der Waals surface area contributed by atoms with E-state index in [1.807, 2.05) is 21.9 Å². The molecule has 0 bridgehead atoms. The molecule has 1 aromatic carbocycles. The van der Waals surface area contributed by atoms with Crippen molar-refractivity contribution in [3.05, 3.63) is 51.9 Å². The predicted octanol–water partition coefficient (Wildman–Crippen LogP) is 3.05. The Kier molecular flexibility index (Phi) is 8.63. The van der Waals surface area contributed by atoms with Crippen molar-refractivity contribution in [2.24, 2.45) is 0 Å². The summed E-state index contributed by atoms with van der Waals surface area (Å²) in [6, 6.07) is 8.27. The fraction of sp³-hybridized carbons (Fsp3) is 0.409. The third-order valence-electron chi connectivity index (χ3n) is 5.16. The Morgan fingerprint density at radius 1 is 1.12 bits per heavy atom. The maximum atomic E-state index is 12.5. The summed E-state index contributed by atoms with van der Waals surface area (Å²) in [6.07, 6.45) is 0. The van der Waals surface area contributed by atoms with Gasteiger partial charge in [-0.05, 0) is 36.1 Å². The molecule has 1 aliphatic rings. The number of methoxy groups -OCH3 is 1. The van der Waals surface area contributed by atoms with Gasteiger partial charge in [0, 0.05) is 31.2 Å². The first-order valence-corrected chi connectivity index (χ1v) is 11.5. The molecular weight excluding hydrogens is 454 g/mol. The number of nitrogens with zero attached hydrogens (tertiary/aromatic N) is 2. The van der Waals surface area contributed by atoms with Crippen LogP contribution in [0.2, 0.25) is 5.02 Å². The number of carbonyl (C=O) groups excluding carboxylic acids is 3. The first-order chi connectivity index (χ1) is 15.4. The number of nitrogens with one attached hydrogen (secondary N) is 1. The number of carbonyl (C=O) groups is 3. The van der Waals surface area contributed by atoms with Crippen LogP contribution in [0.15, 0.2) is 35.7 Å². The largest absolute Gasteiger partial charge is 0.468 e. The van der Waals surface area contributed by atoms with E-state index in [-0.39, 0.29) is 25.0 Å². The SMILES string of the molecule is CCOC(=O)c1ccsc1NC(=O)CN1CCN(C(C(=O)OC)c2ccc(Cl)cc2)CC1. The average Bonchev–Trinajstić information content (AvgIpc) is 3.24. The van der Waals surface area contributed by atoms with Gasteiger partial charge >= 0.3 is 11.9 Å². The number of benzene rings is 1. The van der Waals surface area contributed by atoms with Gasteiger partial charge < -0.3 is 14.8 Å². The van der Waals surface area contributed by atoms with Crippen LogP contribution in [-0.4, -0.2) is 74.1 Å². The molecule has 1 aromatic heterocycles. The second-order valence-corrected chi connectivity index (χ2v) is 8.57. The number of halogens is 1. The first-order valence-electron chi connectivity index (χ1n) is 10.3. The van der Waals surface area contributed by atoms with Crippen molar-refractivity contribution >= 4 is 45.8 Å². The fourth-order valence-corrected chi connectivity index (χ4v) is 4.49. The maximum absolute atomic E-state index is 12.5. The molecule has 0 spiro atoms. The summed E-state index contributed by atoms with van der Waals surface area (Å²) in [5.41, 5.74) is 1.18. The summed E-state index contributed by atoms with van der Waals surface area (Å²) in [6.45, 7) is 4.63. The van der Waals surface area contributed by atoms with E-state index < -0.39 is 12.0 Å². The standard InChI is InChI=1S/C22H26ClN3O5S/c1-3-31-21(28)17-8-13-32-20(17)24-18(27)14-25-9-11-26(12-10-25)19(22(29)30-2)15-4-6-16(23)7-5-15/h4-8,13,19H,3,9-12,14H2,1-2H3,(H,24,27). The summed E-state index contributed by atoms with van der Waals surface area (Å²) in [7, 11) is 1.38. The van der Waals surface area contributed by atoms with E-state index in [4.69, 9.17) is 21.1 Å². The van der Waals surface area contributed by atoms with E-state index in [1.54, 1.807) is 30.5 Å². The minimum atomic E-state index is -0.522. The van der Waals surface area contributed by atoms with Crippen LogP contribution >= 0.6 is 22.9 Å². The first kappa shape index (κ1) is 24.2. The van der Waals surface area contributed by atoms with E-state index in [0.29, 0.717) is 41.8 Å². The molecule has 8 nitrogen and oxygen atoms in total. The molecule has 10 heteroatoms. The molecule has 2 aromatic rings. The average molecular weight is 480 g/mol. The van der Waals surface area contributed by atoms with E-state index in [9.17, 15) is 14.4 Å². The number of piperazine rings is 1. The number of esters is 2. The highest BCUT2D eigenvalue weighted by Crippen LogP contribution is 2.26. The Bertz CT molecular complexity index is 941. The molecule has 1 fully saturated rings. The van der Waals surface area contributed by atoms with Crippen molar-refractivity contribution in [1.82, 2.24) is 9.80 Å². The molecule has 0 aliphatic carbocycles. The van der Waals surface area contributed by atoms with Crippen molar-refractivity contribution in [1.29, 1.82) is 0 Å². The Morgan fingerprint density at radius 3 is 2.44 bits per heavy atom. The number of anilines is 1. The summed E-state index contributed by atoms with van der Waals surface area (Å²) in [4.78, 5) is 41.0. The van der Waals surface area contributed by atoms with Gasteiger partial charge in [0.05, 0.1) is 25.8 Å². The zero-order chi connectivity index (χ0) is 23.1. The molecule has 32 heavy (non-hydrogen) atoms. The van der Waals surface area contributed by atoms with Crippen molar-refractivity contribution in [2.75, 3.05) is 51.8 Å². The van der Waals surface area contributed by atoms with Crippen LogP contribution in [0.3, 0.4) is 0 Å². The zero-order valence-corrected chi connectivity index (χ0v) is 19.6. The minimum absolute atomic E-state index is 0.192. The molecule has 172 valence electrons. The van der Waals surface area contributed by atoms with Gasteiger partial charge in [-0.15, -0.1) is 11.3 Å². The van der Waals surface area contributed by atoms with Crippen molar-refractivity contribution in [3.63, 3.8) is 0 Å². The topological polar surface area (TPSA) is 88.2 Å². The van der Waals surface area contributed by atoms with Crippen LogP contribution in [0.1, 0.15) is 28.9 Å². The predicted molar refractivity (Wildman–Crippen MR) is 123 cm³/mol. The van der Waals surface area contributed by atoms with Gasteiger partial charge in [-0.1, -0.05) is 23.7 Å². The zero-order valence-electron chi connectivity index (χ0n) is 18.0. The lowest BCUT2D eigenvalue weighted by atomic mass is 10.0. The Balaban J connectivity index is 1.56. The molecule has 1 unspecified atom stereocenters. The molecular formula is C22H26ClN3O5S. The molecule has 1 N–H and O–H groups in total. The number of hydrogen-bond acceptors (Lipinski definition) is 8. The number of thiophene rings is 1. The van der Waals surface area contributed by atoms with Crippen molar-refractivity contribution in [2.45, 2.75) is 13.0 Å². The third-order valence-corrected chi connectivity index (χ3v) is 6.24. The monoisotopic (exact) mass is 479 g/mol. The maximum Gasteiger partial charge on any atom is 0.341 e. The van der Waals surface area contributed by atoms with Gasteiger partial charge in [0.1, 0.15) is 11.0 Å². The molecule has 0 saturated carbocycles. The van der Waals surface area contributed by atoms with Gasteiger partial charge in [-0.2, -0.15) is 0 Å². The third kappa shape index (κ3) is 6.07. The fourth-order valence-electron chi connectivity index (χ4n) is 3.58. The van der Waals surface area contributed by atoms with Crippen molar-refractivity contribution < 1.29 is 23.9 Å². The number of ether oxygens (including phenoxy) is 2. The van der Waals surface area contributed by atoms with Crippen LogP contribution in [0, 0.1) is 0 Å². The molecule has 1 amide bonds. The van der Waals surface area contributed by atoms with Gasteiger partial charge in [0.25, 0.3) is 0 Å². The van der Waals surface area contributed by atoms with Gasteiger partial charge in [0.15, 0.2) is 0 Å². The molecule has 2 heterocycles. The van der Waals surface area contributed by atoms with E-state index in [2.05, 4.69) is 5.32 Å². The Morgan fingerprint density at radius 2 is 1.81 bits per heavy atom. The lowest BCUT2D eigenvalue weighted by molar-refractivity contribution is -0.148. The summed E-state index contributed by atoms with van der Waals surface area (Å²) in [5, 5.41) is 5.64. The number of hydrogen-bond donors (Lipinski definition) is 1. The van der Waals surface area contributed by atoms with E-state index in [0.717, 1.165) is 5.56 Å². The van der Waals surface area contributed by atoms with Crippen LogP contribution in [0.5, 0.6) is 0 Å². The summed E-state index contributed by atoms with van der Waals surface area (Å²) in [5.74, 6) is -0.981. The highest BCUT2D eigenvalue weighted by molar-refractivity contribution is 7.14. The van der Waals surface area contributed by atoms with Crippen LogP contribution in [0.25, 0.3) is 0 Å². The second-order valence-electron chi connectivity index (χ2n) is 7.22. The van der Waals surface area contributed by atoms with Crippen LogP contribution < -0.4 is 5.32 Å². The number of rotatable bonds is 8. The molecule has 3 rings (SSSR count). The Hall–Kier alpha value is -2.46. The summed E-state index contributed by atoms with van der Waals surface area (Å²) < 4.78 is 10.0. The van der Waals surface area contributed by atoms with E-state index in [1.165, 1.54) is 18.4 Å². The van der Waals surface area contributed by atoms with E-state index >= 15 is 0 Å². The highest BCUT2D eigenvalue weighted by atomic mass is 35.5. The smallest absolute Gasteiger partial charge is 0.341 e. The quantitative estimate of drug-likeness (QED) is 0.582. The molecule has 1 aliphatic heterocycles. The van der Waals surface area contributed by atoms with Crippen molar-refractivity contribution in [3.8, 4) is 0 Å². The lowest BCUT2D eigenvalue weighted by Gasteiger charge is -2.38. The molecule has 0 radical (unpaired) electrons. The van der Waals surface area contributed by atoms with Gasteiger partial charge in [-0.25, -0.2) is 9.59 Å². The lowest BCUT2D eigenvalue weighted by Crippen LogP contribution is -2.51. The van der Waals surface area contributed by atoms with Gasteiger partial charge in [0.2, 0.25) is 5.91 Å². The normalized spacial score (nSPS) is 15.7. The number of amides is 1. The van der Waals surface area contributed by atoms with Crippen LogP contribution in [-0.2, 0) is 19.1 Å². The molecule has 1 saturated heterocycles. The highest BCUT2D eigenvalue weighted by Gasteiger charge is 2.31.